The molecule has 110 valence electrons. The van der Waals surface area contributed by atoms with Crippen molar-refractivity contribution in [1.82, 2.24) is 9.97 Å². The van der Waals surface area contributed by atoms with Gasteiger partial charge in [-0.3, -0.25) is 0 Å². The van der Waals surface area contributed by atoms with Gasteiger partial charge in [0.1, 0.15) is 18.0 Å². The molecule has 1 aromatic heterocycles. The molecule has 0 aliphatic carbocycles. The second kappa shape index (κ2) is 6.39. The zero-order chi connectivity index (χ0) is 13.8. The van der Waals surface area contributed by atoms with Gasteiger partial charge in [0.25, 0.3) is 0 Å². The fourth-order valence-electron chi connectivity index (χ4n) is 3.12. The van der Waals surface area contributed by atoms with E-state index in [4.69, 9.17) is 4.74 Å². The van der Waals surface area contributed by atoms with E-state index >= 15 is 0 Å². The van der Waals surface area contributed by atoms with Gasteiger partial charge in [0, 0.05) is 38.9 Å². The second-order valence-corrected chi connectivity index (χ2v) is 5.57. The Morgan fingerprint density at radius 3 is 2.25 bits per heavy atom. The summed E-state index contributed by atoms with van der Waals surface area (Å²) in [6.45, 7) is 7.20. The lowest BCUT2D eigenvalue weighted by Gasteiger charge is -2.32. The molecular weight excluding hydrogens is 252 g/mol. The number of anilines is 2. The Bertz CT molecular complexity index is 426. The van der Waals surface area contributed by atoms with Gasteiger partial charge in [0.2, 0.25) is 0 Å². The van der Waals surface area contributed by atoms with Crippen LogP contribution in [0.4, 0.5) is 11.6 Å². The first-order chi connectivity index (χ1) is 9.86. The van der Waals surface area contributed by atoms with Crippen LogP contribution in [-0.2, 0) is 4.74 Å². The van der Waals surface area contributed by atoms with Gasteiger partial charge in [-0.1, -0.05) is 0 Å². The predicted octanol–water partition coefficient (Wildman–Crippen LogP) is 2.08. The number of rotatable bonds is 4. The summed E-state index contributed by atoms with van der Waals surface area (Å²) in [4.78, 5) is 13.6. The zero-order valence-electron chi connectivity index (χ0n) is 12.3. The van der Waals surface area contributed by atoms with Crippen LogP contribution in [0.5, 0.6) is 0 Å². The fourth-order valence-corrected chi connectivity index (χ4v) is 3.12. The van der Waals surface area contributed by atoms with Gasteiger partial charge in [-0.25, -0.2) is 9.97 Å². The molecule has 3 rings (SSSR count). The van der Waals surface area contributed by atoms with E-state index in [1.807, 2.05) is 0 Å². The Kier molecular flexibility index (Phi) is 4.35. The van der Waals surface area contributed by atoms with Gasteiger partial charge in [0.15, 0.2) is 0 Å². The Morgan fingerprint density at radius 1 is 1.05 bits per heavy atom. The third-order valence-electron chi connectivity index (χ3n) is 4.24. The van der Waals surface area contributed by atoms with Gasteiger partial charge in [0.05, 0.1) is 6.10 Å². The molecule has 2 saturated heterocycles. The van der Waals surface area contributed by atoms with E-state index < -0.39 is 0 Å². The van der Waals surface area contributed by atoms with Crippen LogP contribution >= 0.6 is 0 Å². The highest BCUT2D eigenvalue weighted by Gasteiger charge is 2.21. The zero-order valence-corrected chi connectivity index (χ0v) is 12.3. The van der Waals surface area contributed by atoms with Crippen molar-refractivity contribution in [2.45, 2.75) is 38.7 Å². The number of hydrogen-bond donors (Lipinski definition) is 0. The Labute approximate surface area is 121 Å². The SMILES string of the molecule is CCOC1CCN(c2cc(N3CCCC3)ncn2)CC1. The van der Waals surface area contributed by atoms with E-state index in [-0.39, 0.29) is 0 Å². The number of nitrogens with zero attached hydrogens (tertiary/aromatic N) is 4. The van der Waals surface area contributed by atoms with Gasteiger partial charge in [-0.05, 0) is 32.6 Å². The standard InChI is InChI=1S/C15H24N4O/c1-2-20-13-5-9-19(10-6-13)15-11-14(16-12-17-15)18-7-3-4-8-18/h11-13H,2-10H2,1H3. The molecule has 0 radical (unpaired) electrons. The first kappa shape index (κ1) is 13.6. The molecule has 20 heavy (non-hydrogen) atoms. The van der Waals surface area contributed by atoms with Crippen molar-refractivity contribution < 1.29 is 4.74 Å². The minimum absolute atomic E-state index is 0.427. The summed E-state index contributed by atoms with van der Waals surface area (Å²) in [6.07, 6.45) is 6.87. The molecule has 0 aromatic carbocycles. The van der Waals surface area contributed by atoms with Crippen LogP contribution in [0.1, 0.15) is 32.6 Å². The Morgan fingerprint density at radius 2 is 1.65 bits per heavy atom. The topological polar surface area (TPSA) is 41.5 Å². The molecule has 1 aromatic rings. The van der Waals surface area contributed by atoms with Crippen LogP contribution in [-0.4, -0.2) is 48.9 Å². The molecule has 0 saturated carbocycles. The molecule has 0 amide bonds. The average Bonchev–Trinajstić information content (AvgIpc) is 3.03. The molecular formula is C15H24N4O. The van der Waals surface area contributed by atoms with Crippen molar-refractivity contribution >= 4 is 11.6 Å². The van der Waals surface area contributed by atoms with E-state index in [9.17, 15) is 0 Å². The van der Waals surface area contributed by atoms with Crippen molar-refractivity contribution in [2.75, 3.05) is 42.6 Å². The van der Waals surface area contributed by atoms with Gasteiger partial charge in [-0.15, -0.1) is 0 Å². The molecule has 5 heteroatoms. The highest BCUT2D eigenvalue weighted by molar-refractivity contribution is 5.50. The normalized spacial score (nSPS) is 20.6. The summed E-state index contributed by atoms with van der Waals surface area (Å²) >= 11 is 0. The quantitative estimate of drug-likeness (QED) is 0.842. The monoisotopic (exact) mass is 276 g/mol. The summed E-state index contributed by atoms with van der Waals surface area (Å²) in [5, 5.41) is 0. The van der Waals surface area contributed by atoms with Gasteiger partial charge < -0.3 is 14.5 Å². The van der Waals surface area contributed by atoms with E-state index in [2.05, 4.69) is 32.8 Å². The predicted molar refractivity (Wildman–Crippen MR) is 80.3 cm³/mol. The van der Waals surface area contributed by atoms with Crippen molar-refractivity contribution in [3.05, 3.63) is 12.4 Å². The lowest BCUT2D eigenvalue weighted by molar-refractivity contribution is 0.0458. The van der Waals surface area contributed by atoms with Crippen molar-refractivity contribution in [2.24, 2.45) is 0 Å². The molecule has 0 bridgehead atoms. The van der Waals surface area contributed by atoms with E-state index in [0.717, 1.165) is 57.3 Å². The summed E-state index contributed by atoms with van der Waals surface area (Å²) in [5.74, 6) is 2.15. The molecule has 2 aliphatic rings. The molecule has 0 N–H and O–H groups in total. The third kappa shape index (κ3) is 3.03. The van der Waals surface area contributed by atoms with Crippen LogP contribution < -0.4 is 9.80 Å². The highest BCUT2D eigenvalue weighted by Crippen LogP contribution is 2.24. The Hall–Kier alpha value is -1.36. The highest BCUT2D eigenvalue weighted by atomic mass is 16.5. The average molecular weight is 276 g/mol. The van der Waals surface area contributed by atoms with Gasteiger partial charge in [-0.2, -0.15) is 0 Å². The lowest BCUT2D eigenvalue weighted by atomic mass is 10.1. The van der Waals surface area contributed by atoms with Crippen LogP contribution in [0.15, 0.2) is 12.4 Å². The molecule has 0 spiro atoms. The van der Waals surface area contributed by atoms with E-state index in [0.29, 0.717) is 6.10 Å². The molecule has 0 unspecified atom stereocenters. The van der Waals surface area contributed by atoms with E-state index in [1.54, 1.807) is 6.33 Å². The lowest BCUT2D eigenvalue weighted by Crippen LogP contribution is -2.37. The molecule has 3 heterocycles. The van der Waals surface area contributed by atoms with Crippen LogP contribution in [0.25, 0.3) is 0 Å². The molecule has 5 nitrogen and oxygen atoms in total. The summed E-state index contributed by atoms with van der Waals surface area (Å²) in [6, 6.07) is 2.15. The maximum Gasteiger partial charge on any atom is 0.134 e. The van der Waals surface area contributed by atoms with Crippen LogP contribution in [0, 0.1) is 0 Å². The minimum atomic E-state index is 0.427. The summed E-state index contributed by atoms with van der Waals surface area (Å²) in [7, 11) is 0. The van der Waals surface area contributed by atoms with Crippen molar-refractivity contribution in [3.63, 3.8) is 0 Å². The molecule has 2 aliphatic heterocycles. The minimum Gasteiger partial charge on any atom is -0.378 e. The number of ether oxygens (including phenoxy) is 1. The molecule has 0 atom stereocenters. The maximum atomic E-state index is 5.70. The fraction of sp³-hybridized carbons (Fsp3) is 0.733. The number of hydrogen-bond acceptors (Lipinski definition) is 5. The smallest absolute Gasteiger partial charge is 0.134 e. The van der Waals surface area contributed by atoms with Crippen molar-refractivity contribution in [3.8, 4) is 0 Å². The number of aromatic nitrogens is 2. The first-order valence-corrected chi connectivity index (χ1v) is 7.80. The number of piperidine rings is 1. The van der Waals surface area contributed by atoms with E-state index in [1.165, 1.54) is 12.8 Å². The van der Waals surface area contributed by atoms with Gasteiger partial charge >= 0.3 is 0 Å². The summed E-state index contributed by atoms with van der Waals surface area (Å²) < 4.78 is 5.70. The van der Waals surface area contributed by atoms with Crippen LogP contribution in [0.3, 0.4) is 0 Å². The second-order valence-electron chi connectivity index (χ2n) is 5.57. The third-order valence-corrected chi connectivity index (χ3v) is 4.24. The molecule has 2 fully saturated rings. The van der Waals surface area contributed by atoms with Crippen molar-refractivity contribution in [1.29, 1.82) is 0 Å². The Balaban J connectivity index is 1.64. The first-order valence-electron chi connectivity index (χ1n) is 7.80. The largest absolute Gasteiger partial charge is 0.378 e. The summed E-state index contributed by atoms with van der Waals surface area (Å²) in [5.41, 5.74) is 0. The van der Waals surface area contributed by atoms with Crippen LogP contribution in [0.2, 0.25) is 0 Å². The maximum absolute atomic E-state index is 5.70.